The number of benzene rings is 3. The molecule has 0 N–H and O–H groups in total. The number of hydrogen-bond donors (Lipinski definition) is 0. The number of imidazole rings is 1. The number of aromatic nitrogens is 4. The molecule has 4 nitrogen and oxygen atoms in total. The molecular formula is C31H18N4. The van der Waals surface area contributed by atoms with Crippen molar-refractivity contribution >= 4 is 38.5 Å². The summed E-state index contributed by atoms with van der Waals surface area (Å²) in [5.74, 6) is 0. The molecule has 4 aromatic heterocycles. The van der Waals surface area contributed by atoms with Gasteiger partial charge < -0.3 is 0 Å². The molecule has 4 heteroatoms. The molecule has 9 rings (SSSR count). The van der Waals surface area contributed by atoms with Crippen LogP contribution < -0.4 is 0 Å². The predicted molar refractivity (Wildman–Crippen MR) is 140 cm³/mol. The van der Waals surface area contributed by atoms with Crippen LogP contribution in [0.3, 0.4) is 0 Å². The van der Waals surface area contributed by atoms with Crippen molar-refractivity contribution in [3.8, 4) is 22.3 Å². The summed E-state index contributed by atoms with van der Waals surface area (Å²) in [7, 11) is 0. The summed E-state index contributed by atoms with van der Waals surface area (Å²) in [6.45, 7) is 0. The number of rotatable bonds is 0. The van der Waals surface area contributed by atoms with Gasteiger partial charge in [0.05, 0.1) is 11.7 Å². The van der Waals surface area contributed by atoms with Crippen LogP contribution in [0.5, 0.6) is 0 Å². The Hall–Kier alpha value is -4.57. The normalized spacial score (nSPS) is 13.5. The standard InChI is InChI=1S/C31H18N4/c1-2-5-20-17(4-1)12-18-7-8-21-23-15-26-24(13-19(23)14-25(21)29(18)20)22-9-11-32-16-28(22)35-30(26)34-27-6-3-10-33-31(27)35/h1-11,13,15-16H,12,14H2. The van der Waals surface area contributed by atoms with Gasteiger partial charge >= 0.3 is 0 Å². The Labute approximate surface area is 200 Å². The van der Waals surface area contributed by atoms with Gasteiger partial charge in [0.15, 0.2) is 5.65 Å². The first-order valence-corrected chi connectivity index (χ1v) is 12.0. The van der Waals surface area contributed by atoms with Crippen LogP contribution in [0.15, 0.2) is 85.3 Å². The van der Waals surface area contributed by atoms with E-state index in [4.69, 9.17) is 4.98 Å². The molecule has 35 heavy (non-hydrogen) atoms. The third-order valence-corrected chi connectivity index (χ3v) is 7.96. The summed E-state index contributed by atoms with van der Waals surface area (Å²) in [5.41, 5.74) is 15.1. The largest absolute Gasteiger partial charge is 0.274 e. The maximum Gasteiger partial charge on any atom is 0.165 e. The highest BCUT2D eigenvalue weighted by atomic mass is 15.1. The molecular weight excluding hydrogens is 428 g/mol. The molecule has 0 unspecified atom stereocenters. The average molecular weight is 447 g/mol. The minimum atomic E-state index is 0.873. The lowest BCUT2D eigenvalue weighted by atomic mass is 9.95. The lowest BCUT2D eigenvalue weighted by Gasteiger charge is -2.11. The molecule has 2 aliphatic rings. The minimum absolute atomic E-state index is 0.873. The van der Waals surface area contributed by atoms with Crippen molar-refractivity contribution in [3.63, 3.8) is 0 Å². The monoisotopic (exact) mass is 446 g/mol. The second kappa shape index (κ2) is 6.10. The molecule has 0 radical (unpaired) electrons. The third kappa shape index (κ3) is 2.15. The first-order chi connectivity index (χ1) is 17.3. The molecule has 0 fully saturated rings. The molecule has 162 valence electrons. The Morgan fingerprint density at radius 1 is 0.657 bits per heavy atom. The van der Waals surface area contributed by atoms with E-state index in [2.05, 4.69) is 69.0 Å². The predicted octanol–water partition coefficient (Wildman–Crippen LogP) is 6.73. The fourth-order valence-electron chi connectivity index (χ4n) is 6.49. The van der Waals surface area contributed by atoms with Gasteiger partial charge in [0.25, 0.3) is 0 Å². The zero-order valence-corrected chi connectivity index (χ0v) is 18.8. The molecule has 4 heterocycles. The fourth-order valence-corrected chi connectivity index (χ4v) is 6.49. The zero-order valence-electron chi connectivity index (χ0n) is 18.8. The van der Waals surface area contributed by atoms with E-state index < -0.39 is 0 Å². The zero-order chi connectivity index (χ0) is 22.7. The van der Waals surface area contributed by atoms with Gasteiger partial charge in [-0.25, -0.2) is 9.97 Å². The van der Waals surface area contributed by atoms with Crippen molar-refractivity contribution in [1.82, 2.24) is 19.4 Å². The Morgan fingerprint density at radius 2 is 1.63 bits per heavy atom. The quantitative estimate of drug-likeness (QED) is 0.243. The Balaban J connectivity index is 1.41. The van der Waals surface area contributed by atoms with Crippen molar-refractivity contribution in [1.29, 1.82) is 0 Å². The van der Waals surface area contributed by atoms with Crippen LogP contribution in [0, 0.1) is 0 Å². The molecule has 0 atom stereocenters. The van der Waals surface area contributed by atoms with Gasteiger partial charge in [0.2, 0.25) is 0 Å². The average Bonchev–Trinajstić information content (AvgIpc) is 3.58. The van der Waals surface area contributed by atoms with Crippen LogP contribution in [-0.4, -0.2) is 19.4 Å². The molecule has 0 amide bonds. The molecule has 0 bridgehead atoms. The van der Waals surface area contributed by atoms with E-state index in [1.807, 2.05) is 30.7 Å². The second-order valence-electron chi connectivity index (χ2n) is 9.70. The van der Waals surface area contributed by atoms with E-state index in [1.165, 1.54) is 55.3 Å². The highest BCUT2D eigenvalue weighted by Gasteiger charge is 2.29. The summed E-state index contributed by atoms with van der Waals surface area (Å²) in [6, 6.07) is 24.4. The lowest BCUT2D eigenvalue weighted by molar-refractivity contribution is 1.22. The third-order valence-electron chi connectivity index (χ3n) is 7.96. The maximum atomic E-state index is 5.04. The molecule has 0 aliphatic heterocycles. The van der Waals surface area contributed by atoms with Crippen molar-refractivity contribution in [2.24, 2.45) is 0 Å². The first-order valence-electron chi connectivity index (χ1n) is 12.0. The highest BCUT2D eigenvalue weighted by molar-refractivity contribution is 6.15. The fraction of sp³-hybridized carbons (Fsp3) is 0.0645. The van der Waals surface area contributed by atoms with Gasteiger partial charge in [-0.1, -0.05) is 36.4 Å². The first kappa shape index (κ1) is 17.8. The van der Waals surface area contributed by atoms with Crippen molar-refractivity contribution in [2.45, 2.75) is 12.8 Å². The molecule has 0 saturated heterocycles. The van der Waals surface area contributed by atoms with Crippen molar-refractivity contribution in [2.75, 3.05) is 0 Å². The van der Waals surface area contributed by atoms with Gasteiger partial charge in [0.1, 0.15) is 11.2 Å². The smallest absolute Gasteiger partial charge is 0.165 e. The topological polar surface area (TPSA) is 43.1 Å². The summed E-state index contributed by atoms with van der Waals surface area (Å²) in [5, 5.41) is 3.57. The summed E-state index contributed by atoms with van der Waals surface area (Å²) in [6.07, 6.45) is 7.65. The number of nitrogens with zero attached hydrogens (tertiary/aromatic N) is 4. The Morgan fingerprint density at radius 3 is 2.63 bits per heavy atom. The van der Waals surface area contributed by atoms with Crippen LogP contribution >= 0.6 is 0 Å². The lowest BCUT2D eigenvalue weighted by Crippen LogP contribution is -1.94. The summed E-state index contributed by atoms with van der Waals surface area (Å²) < 4.78 is 2.17. The van der Waals surface area contributed by atoms with Gasteiger partial charge in [-0.2, -0.15) is 0 Å². The Bertz CT molecular complexity index is 2070. The molecule has 7 aromatic rings. The SMILES string of the molecule is c1ccc2c(c1)Cc1ccc3c(c1-2)Cc1cc2c4ccncc4n4c5ncccc5nc4c2cc1-3. The van der Waals surface area contributed by atoms with E-state index in [1.54, 1.807) is 0 Å². The number of fused-ring (bicyclic) bond motifs is 15. The van der Waals surface area contributed by atoms with E-state index in [-0.39, 0.29) is 0 Å². The van der Waals surface area contributed by atoms with Gasteiger partial charge in [0, 0.05) is 23.2 Å². The molecule has 0 spiro atoms. The van der Waals surface area contributed by atoms with E-state index in [0.29, 0.717) is 0 Å². The number of hydrogen-bond acceptors (Lipinski definition) is 3. The summed E-state index contributed by atoms with van der Waals surface area (Å²) >= 11 is 0. The van der Waals surface area contributed by atoms with Crippen LogP contribution in [0.4, 0.5) is 0 Å². The highest BCUT2D eigenvalue weighted by Crippen LogP contribution is 2.49. The van der Waals surface area contributed by atoms with Crippen molar-refractivity contribution < 1.29 is 0 Å². The van der Waals surface area contributed by atoms with Crippen LogP contribution in [0.25, 0.3) is 60.7 Å². The van der Waals surface area contributed by atoms with Crippen LogP contribution in [0.1, 0.15) is 22.3 Å². The van der Waals surface area contributed by atoms with Crippen LogP contribution in [-0.2, 0) is 12.8 Å². The molecule has 3 aromatic carbocycles. The van der Waals surface area contributed by atoms with E-state index >= 15 is 0 Å². The number of pyridine rings is 3. The Kier molecular flexibility index (Phi) is 3.11. The van der Waals surface area contributed by atoms with Crippen LogP contribution in [0.2, 0.25) is 0 Å². The van der Waals surface area contributed by atoms with E-state index in [9.17, 15) is 0 Å². The molecule has 2 aliphatic carbocycles. The van der Waals surface area contributed by atoms with Gasteiger partial charge in [-0.3, -0.25) is 9.38 Å². The van der Waals surface area contributed by atoms with Gasteiger partial charge in [-0.15, -0.1) is 0 Å². The van der Waals surface area contributed by atoms with Gasteiger partial charge in [-0.05, 0) is 93.1 Å². The maximum absolute atomic E-state index is 5.04. The summed E-state index contributed by atoms with van der Waals surface area (Å²) in [4.78, 5) is 14.1. The van der Waals surface area contributed by atoms with Crippen molar-refractivity contribution in [3.05, 3.63) is 108 Å². The second-order valence-corrected chi connectivity index (χ2v) is 9.70. The molecule has 0 saturated carbocycles. The van der Waals surface area contributed by atoms with E-state index in [0.717, 1.165) is 40.6 Å². The minimum Gasteiger partial charge on any atom is -0.274 e.